The van der Waals surface area contributed by atoms with Crippen molar-refractivity contribution in [1.29, 1.82) is 0 Å². The van der Waals surface area contributed by atoms with Crippen LogP contribution in [0.2, 0.25) is 0 Å². The van der Waals surface area contributed by atoms with Crippen LogP contribution in [-0.4, -0.2) is 34.8 Å². The Morgan fingerprint density at radius 2 is 1.71 bits per heavy atom. The van der Waals surface area contributed by atoms with Crippen LogP contribution in [0.5, 0.6) is 0 Å². The van der Waals surface area contributed by atoms with Gasteiger partial charge in [-0.05, 0) is 49.6 Å². The summed E-state index contributed by atoms with van der Waals surface area (Å²) in [6.45, 7) is 1.52. The maximum Gasteiger partial charge on any atom is 0.274 e. The maximum atomic E-state index is 12.5. The predicted molar refractivity (Wildman–Crippen MR) is 96.1 cm³/mol. The summed E-state index contributed by atoms with van der Waals surface area (Å²) in [5.74, 6) is -0.437. The van der Waals surface area contributed by atoms with Crippen LogP contribution in [0.25, 0.3) is 0 Å². The molecule has 0 unspecified atom stereocenters. The van der Waals surface area contributed by atoms with Gasteiger partial charge in [0.05, 0.1) is 0 Å². The molecular formula is C18H18BrN3O2. The average molecular weight is 388 g/mol. The number of hydrogen-bond donors (Lipinski definition) is 1. The number of nitrogens with zero attached hydrogens (tertiary/aromatic N) is 2. The Morgan fingerprint density at radius 1 is 1.00 bits per heavy atom. The fourth-order valence-corrected chi connectivity index (χ4v) is 3.10. The van der Waals surface area contributed by atoms with Gasteiger partial charge in [0.15, 0.2) is 0 Å². The molecule has 2 heterocycles. The lowest BCUT2D eigenvalue weighted by atomic mass is 10.1. The molecule has 0 saturated carbocycles. The fraction of sp³-hybridized carbons (Fsp3) is 0.278. The fourth-order valence-electron chi connectivity index (χ4n) is 2.70. The number of halogens is 1. The minimum atomic E-state index is -0.332. The molecule has 1 N–H and O–H groups in total. The van der Waals surface area contributed by atoms with Gasteiger partial charge in [-0.15, -0.1) is 0 Å². The second-order valence-electron chi connectivity index (χ2n) is 5.73. The van der Waals surface area contributed by atoms with Gasteiger partial charge in [-0.3, -0.25) is 9.59 Å². The first-order valence-electron chi connectivity index (χ1n) is 7.97. The van der Waals surface area contributed by atoms with Gasteiger partial charge < -0.3 is 10.2 Å². The van der Waals surface area contributed by atoms with Crippen molar-refractivity contribution >= 4 is 33.4 Å². The normalized spacial score (nSPS) is 14.3. The number of piperidine rings is 1. The van der Waals surface area contributed by atoms with Gasteiger partial charge in [-0.1, -0.05) is 28.1 Å². The van der Waals surface area contributed by atoms with Crippen LogP contribution in [0.3, 0.4) is 0 Å². The molecule has 1 aliphatic rings. The largest absolute Gasteiger partial charge is 0.337 e. The molecule has 2 amide bonds. The van der Waals surface area contributed by atoms with Gasteiger partial charge >= 0.3 is 0 Å². The van der Waals surface area contributed by atoms with E-state index in [9.17, 15) is 9.59 Å². The highest BCUT2D eigenvalue weighted by Gasteiger charge is 2.20. The molecule has 0 spiro atoms. The zero-order valence-corrected chi connectivity index (χ0v) is 14.8. The maximum absolute atomic E-state index is 12.5. The monoisotopic (exact) mass is 387 g/mol. The Hall–Kier alpha value is -2.21. The summed E-state index contributed by atoms with van der Waals surface area (Å²) in [6.07, 6.45) is 3.20. The molecule has 1 fully saturated rings. The highest BCUT2D eigenvalue weighted by atomic mass is 79.9. The second kappa shape index (κ2) is 7.57. The highest BCUT2D eigenvalue weighted by Crippen LogP contribution is 2.17. The molecule has 0 radical (unpaired) electrons. The van der Waals surface area contributed by atoms with Crippen LogP contribution >= 0.6 is 15.9 Å². The number of pyridine rings is 1. The Bertz CT molecular complexity index is 757. The third-order valence-corrected chi connectivity index (χ3v) is 4.42. The van der Waals surface area contributed by atoms with Crippen molar-refractivity contribution in [3.05, 3.63) is 58.3 Å². The lowest BCUT2D eigenvalue weighted by molar-refractivity contribution is 0.0718. The van der Waals surface area contributed by atoms with Crippen LogP contribution in [0, 0.1) is 0 Å². The summed E-state index contributed by atoms with van der Waals surface area (Å²) in [7, 11) is 0. The molecule has 0 atom stereocenters. The van der Waals surface area contributed by atoms with E-state index in [-0.39, 0.29) is 17.5 Å². The molecule has 24 heavy (non-hydrogen) atoms. The van der Waals surface area contributed by atoms with E-state index in [1.165, 1.54) is 0 Å². The van der Waals surface area contributed by atoms with Gasteiger partial charge in [-0.2, -0.15) is 0 Å². The van der Waals surface area contributed by atoms with Crippen molar-refractivity contribution in [2.75, 3.05) is 18.4 Å². The molecule has 5 nitrogen and oxygen atoms in total. The van der Waals surface area contributed by atoms with Gasteiger partial charge in [0.25, 0.3) is 11.8 Å². The molecule has 1 aromatic carbocycles. The van der Waals surface area contributed by atoms with Crippen molar-refractivity contribution in [2.45, 2.75) is 19.3 Å². The molecule has 6 heteroatoms. The number of aromatic nitrogens is 1. The quantitative estimate of drug-likeness (QED) is 0.872. The standard InChI is InChI=1S/C18H18BrN3O2/c19-13-6-4-7-14(12-13)20-17(23)15-8-5-9-16(21-15)18(24)22-10-2-1-3-11-22/h4-9,12H,1-3,10-11H2,(H,20,23). The summed E-state index contributed by atoms with van der Waals surface area (Å²) in [6, 6.07) is 12.3. The van der Waals surface area contributed by atoms with Crippen LogP contribution in [0.1, 0.15) is 40.2 Å². The smallest absolute Gasteiger partial charge is 0.274 e. The molecule has 0 aliphatic carbocycles. The first kappa shape index (κ1) is 16.6. The van der Waals surface area contributed by atoms with E-state index >= 15 is 0 Å². The number of carbonyl (C=O) groups excluding carboxylic acids is 2. The molecule has 1 aliphatic heterocycles. The van der Waals surface area contributed by atoms with E-state index in [0.717, 1.165) is 36.8 Å². The van der Waals surface area contributed by atoms with Crippen LogP contribution in [0.15, 0.2) is 46.9 Å². The lowest BCUT2D eigenvalue weighted by Gasteiger charge is -2.26. The van der Waals surface area contributed by atoms with E-state index in [1.807, 2.05) is 17.0 Å². The molecule has 1 saturated heterocycles. The van der Waals surface area contributed by atoms with Crippen molar-refractivity contribution in [3.63, 3.8) is 0 Å². The highest BCUT2D eigenvalue weighted by molar-refractivity contribution is 9.10. The van der Waals surface area contributed by atoms with E-state index in [0.29, 0.717) is 11.4 Å². The van der Waals surface area contributed by atoms with Crippen LogP contribution in [0.4, 0.5) is 5.69 Å². The van der Waals surface area contributed by atoms with E-state index < -0.39 is 0 Å². The predicted octanol–water partition coefficient (Wildman–Crippen LogP) is 3.72. The van der Waals surface area contributed by atoms with E-state index in [1.54, 1.807) is 30.3 Å². The molecule has 3 rings (SSSR count). The summed E-state index contributed by atoms with van der Waals surface area (Å²) < 4.78 is 0.877. The van der Waals surface area contributed by atoms with Crippen molar-refractivity contribution in [1.82, 2.24) is 9.88 Å². The van der Waals surface area contributed by atoms with Crippen LogP contribution < -0.4 is 5.32 Å². The second-order valence-corrected chi connectivity index (χ2v) is 6.64. The minimum Gasteiger partial charge on any atom is -0.337 e. The molecule has 2 aromatic rings. The Labute approximate surface area is 149 Å². The van der Waals surface area contributed by atoms with Gasteiger partial charge in [0.1, 0.15) is 11.4 Å². The molecule has 0 bridgehead atoms. The summed E-state index contributed by atoms with van der Waals surface area (Å²) >= 11 is 3.37. The topological polar surface area (TPSA) is 62.3 Å². The number of nitrogens with one attached hydrogen (secondary N) is 1. The van der Waals surface area contributed by atoms with E-state index in [2.05, 4.69) is 26.2 Å². The molecule has 1 aromatic heterocycles. The summed E-state index contributed by atoms with van der Waals surface area (Å²) in [4.78, 5) is 30.9. The Kier molecular flexibility index (Phi) is 5.25. The van der Waals surface area contributed by atoms with Crippen molar-refractivity contribution in [2.24, 2.45) is 0 Å². The third kappa shape index (κ3) is 4.00. The van der Waals surface area contributed by atoms with Gasteiger partial charge in [0, 0.05) is 23.2 Å². The minimum absolute atomic E-state index is 0.105. The SMILES string of the molecule is O=C(Nc1cccc(Br)c1)c1cccc(C(=O)N2CCCCC2)n1. The van der Waals surface area contributed by atoms with Crippen molar-refractivity contribution in [3.8, 4) is 0 Å². The zero-order valence-electron chi connectivity index (χ0n) is 13.2. The van der Waals surface area contributed by atoms with Crippen molar-refractivity contribution < 1.29 is 9.59 Å². The number of benzene rings is 1. The number of carbonyl (C=O) groups is 2. The first-order valence-corrected chi connectivity index (χ1v) is 8.76. The zero-order chi connectivity index (χ0) is 16.9. The number of anilines is 1. The molecule has 124 valence electrons. The Balaban J connectivity index is 1.74. The van der Waals surface area contributed by atoms with Gasteiger partial charge in [-0.25, -0.2) is 4.98 Å². The average Bonchev–Trinajstić information content (AvgIpc) is 2.62. The lowest BCUT2D eigenvalue weighted by Crippen LogP contribution is -2.36. The number of amides is 2. The van der Waals surface area contributed by atoms with Gasteiger partial charge in [0.2, 0.25) is 0 Å². The number of rotatable bonds is 3. The first-order chi connectivity index (χ1) is 11.6. The molecular weight excluding hydrogens is 370 g/mol. The number of likely N-dealkylation sites (tertiary alicyclic amines) is 1. The summed E-state index contributed by atoms with van der Waals surface area (Å²) in [5, 5.41) is 2.79. The third-order valence-electron chi connectivity index (χ3n) is 3.93. The Morgan fingerprint density at radius 3 is 2.46 bits per heavy atom. The summed E-state index contributed by atoms with van der Waals surface area (Å²) in [5.41, 5.74) is 1.22. The number of hydrogen-bond acceptors (Lipinski definition) is 3. The van der Waals surface area contributed by atoms with Crippen LogP contribution in [-0.2, 0) is 0 Å². The van der Waals surface area contributed by atoms with E-state index in [4.69, 9.17) is 0 Å².